The summed E-state index contributed by atoms with van der Waals surface area (Å²) in [6.07, 6.45) is -2.00. The molecular weight excluding hydrogens is 261 g/mol. The number of hydrogen-bond acceptors (Lipinski definition) is 3. The summed E-state index contributed by atoms with van der Waals surface area (Å²) in [4.78, 5) is 11.8. The van der Waals surface area contributed by atoms with Gasteiger partial charge in [0, 0.05) is 18.5 Å². The third-order valence-electron chi connectivity index (χ3n) is 3.44. The van der Waals surface area contributed by atoms with E-state index in [1.54, 1.807) is 0 Å². The first-order valence-corrected chi connectivity index (χ1v) is 6.47. The molecule has 112 valence electrons. The van der Waals surface area contributed by atoms with Gasteiger partial charge in [-0.3, -0.25) is 4.79 Å². The van der Waals surface area contributed by atoms with E-state index < -0.39 is 12.8 Å². The topological polar surface area (TPSA) is 64.3 Å². The second-order valence-electron chi connectivity index (χ2n) is 5.11. The van der Waals surface area contributed by atoms with E-state index in [2.05, 4.69) is 17.0 Å². The lowest BCUT2D eigenvalue weighted by atomic mass is 9.79. The van der Waals surface area contributed by atoms with Crippen LogP contribution in [0.25, 0.3) is 0 Å². The van der Waals surface area contributed by atoms with Crippen LogP contribution in [-0.2, 0) is 9.53 Å². The Hall–Kier alpha value is -0.820. The Kier molecular flexibility index (Phi) is 6.06. The minimum absolute atomic E-state index is 0.0194. The maximum atomic E-state index is 11.8. The largest absolute Gasteiger partial charge is 0.411 e. The summed E-state index contributed by atoms with van der Waals surface area (Å²) in [5, 5.41) is 2.59. The van der Waals surface area contributed by atoms with Gasteiger partial charge in [-0.15, -0.1) is 0 Å². The van der Waals surface area contributed by atoms with Crippen LogP contribution in [0.1, 0.15) is 26.2 Å². The van der Waals surface area contributed by atoms with Gasteiger partial charge in [0.25, 0.3) is 0 Å². The van der Waals surface area contributed by atoms with E-state index >= 15 is 0 Å². The number of ether oxygens (including phenoxy) is 1. The molecule has 0 heterocycles. The van der Waals surface area contributed by atoms with Crippen molar-refractivity contribution < 1.29 is 22.7 Å². The molecule has 0 saturated heterocycles. The quantitative estimate of drug-likeness (QED) is 0.750. The summed E-state index contributed by atoms with van der Waals surface area (Å²) in [7, 11) is 0. The van der Waals surface area contributed by atoms with E-state index in [1.807, 2.05) is 0 Å². The Bertz CT molecular complexity index is 297. The van der Waals surface area contributed by atoms with Crippen LogP contribution < -0.4 is 11.1 Å². The van der Waals surface area contributed by atoms with Crippen molar-refractivity contribution in [1.29, 1.82) is 0 Å². The molecule has 1 aliphatic rings. The first-order chi connectivity index (χ1) is 8.79. The van der Waals surface area contributed by atoms with Crippen molar-refractivity contribution in [3.63, 3.8) is 0 Å². The summed E-state index contributed by atoms with van der Waals surface area (Å²) >= 11 is 0. The summed E-state index contributed by atoms with van der Waals surface area (Å²) in [5.74, 6) is 0.144. The zero-order valence-corrected chi connectivity index (χ0v) is 11.0. The van der Waals surface area contributed by atoms with E-state index in [0.717, 1.165) is 12.8 Å². The van der Waals surface area contributed by atoms with E-state index in [0.29, 0.717) is 12.3 Å². The van der Waals surface area contributed by atoms with Crippen molar-refractivity contribution in [1.82, 2.24) is 5.32 Å². The van der Waals surface area contributed by atoms with Crippen LogP contribution in [0.4, 0.5) is 13.2 Å². The highest BCUT2D eigenvalue weighted by Gasteiger charge is 2.29. The Morgan fingerprint density at radius 3 is 2.68 bits per heavy atom. The molecule has 0 aliphatic heterocycles. The van der Waals surface area contributed by atoms with Crippen molar-refractivity contribution in [2.24, 2.45) is 17.6 Å². The van der Waals surface area contributed by atoms with Gasteiger partial charge < -0.3 is 15.8 Å². The van der Waals surface area contributed by atoms with E-state index in [4.69, 9.17) is 5.73 Å². The highest BCUT2D eigenvalue weighted by atomic mass is 19.4. The van der Waals surface area contributed by atoms with E-state index in [1.165, 1.54) is 0 Å². The molecule has 1 rings (SSSR count). The number of nitrogens with two attached hydrogens (primary N) is 1. The summed E-state index contributed by atoms with van der Waals surface area (Å²) in [6, 6.07) is 0.0194. The maximum Gasteiger partial charge on any atom is 0.411 e. The highest BCUT2D eigenvalue weighted by molar-refractivity contribution is 5.78. The third-order valence-corrected chi connectivity index (χ3v) is 3.44. The molecule has 4 nitrogen and oxygen atoms in total. The molecule has 19 heavy (non-hydrogen) atoms. The predicted molar refractivity (Wildman–Crippen MR) is 64.4 cm³/mol. The van der Waals surface area contributed by atoms with Crippen molar-refractivity contribution in [3.8, 4) is 0 Å². The minimum atomic E-state index is -4.32. The molecule has 1 amide bonds. The molecule has 3 N–H and O–H groups in total. The monoisotopic (exact) mass is 282 g/mol. The van der Waals surface area contributed by atoms with Gasteiger partial charge in [-0.1, -0.05) is 6.92 Å². The van der Waals surface area contributed by atoms with Gasteiger partial charge in [0.15, 0.2) is 0 Å². The summed E-state index contributed by atoms with van der Waals surface area (Å²) in [5.41, 5.74) is 5.90. The van der Waals surface area contributed by atoms with Gasteiger partial charge in [0.05, 0.1) is 6.61 Å². The Balaban J connectivity index is 2.14. The fourth-order valence-electron chi connectivity index (χ4n) is 2.17. The zero-order chi connectivity index (χ0) is 14.5. The molecule has 0 aromatic rings. The normalized spacial score (nSPS) is 28.2. The lowest BCUT2D eigenvalue weighted by Gasteiger charge is -2.31. The van der Waals surface area contributed by atoms with Crippen LogP contribution in [0.3, 0.4) is 0 Å². The summed E-state index contributed by atoms with van der Waals surface area (Å²) in [6.45, 7) is 0.731. The molecule has 0 radical (unpaired) electrons. The Labute approximate surface area is 110 Å². The number of halogens is 3. The minimum Gasteiger partial charge on any atom is -0.370 e. The number of hydrogen-bond donors (Lipinski definition) is 2. The average Bonchev–Trinajstić information content (AvgIpc) is 2.30. The first kappa shape index (κ1) is 16.2. The molecule has 7 heteroatoms. The third kappa shape index (κ3) is 6.24. The molecule has 1 fully saturated rings. The van der Waals surface area contributed by atoms with Crippen molar-refractivity contribution in [2.45, 2.75) is 38.4 Å². The fraction of sp³-hybridized carbons (Fsp3) is 0.917. The number of carbonyl (C=O) groups excluding carboxylic acids is 1. The second-order valence-corrected chi connectivity index (χ2v) is 5.11. The van der Waals surface area contributed by atoms with Crippen LogP contribution in [0.15, 0.2) is 0 Å². The maximum absolute atomic E-state index is 11.8. The van der Waals surface area contributed by atoms with Crippen LogP contribution in [0, 0.1) is 11.8 Å². The molecule has 3 unspecified atom stereocenters. The number of carbonyl (C=O) groups is 1. The lowest BCUT2D eigenvalue weighted by molar-refractivity contribution is -0.173. The molecule has 3 atom stereocenters. The van der Waals surface area contributed by atoms with Gasteiger partial charge in [-0.05, 0) is 25.2 Å². The Morgan fingerprint density at radius 1 is 1.42 bits per heavy atom. The van der Waals surface area contributed by atoms with Gasteiger partial charge in [-0.2, -0.15) is 13.2 Å². The standard InChI is InChI=1S/C12H21F3N2O2/c1-8-2-3-9(6-10(8)16)11(18)17-4-5-19-7-12(13,14)15/h8-10H,2-7,16H2,1H3,(H,17,18). The number of rotatable bonds is 5. The first-order valence-electron chi connectivity index (χ1n) is 6.47. The summed E-state index contributed by atoms with van der Waals surface area (Å²) < 4.78 is 39.8. The smallest absolute Gasteiger partial charge is 0.370 e. The number of nitrogens with one attached hydrogen (secondary N) is 1. The number of amides is 1. The SMILES string of the molecule is CC1CCC(C(=O)NCCOCC(F)(F)F)CC1N. The molecule has 0 bridgehead atoms. The van der Waals surface area contributed by atoms with E-state index in [-0.39, 0.29) is 31.0 Å². The van der Waals surface area contributed by atoms with E-state index in [9.17, 15) is 18.0 Å². The van der Waals surface area contributed by atoms with Crippen LogP contribution in [-0.4, -0.2) is 37.9 Å². The Morgan fingerprint density at radius 2 is 2.11 bits per heavy atom. The number of alkyl halides is 3. The molecule has 0 aromatic carbocycles. The molecule has 1 aliphatic carbocycles. The van der Waals surface area contributed by atoms with Gasteiger partial charge in [0.2, 0.25) is 5.91 Å². The van der Waals surface area contributed by atoms with Crippen LogP contribution >= 0.6 is 0 Å². The van der Waals surface area contributed by atoms with Crippen molar-refractivity contribution >= 4 is 5.91 Å². The van der Waals surface area contributed by atoms with Gasteiger partial charge in [-0.25, -0.2) is 0 Å². The molecule has 0 spiro atoms. The van der Waals surface area contributed by atoms with Crippen molar-refractivity contribution in [3.05, 3.63) is 0 Å². The van der Waals surface area contributed by atoms with Crippen LogP contribution in [0.2, 0.25) is 0 Å². The molecular formula is C12H21F3N2O2. The molecule has 0 aromatic heterocycles. The van der Waals surface area contributed by atoms with Crippen molar-refractivity contribution in [2.75, 3.05) is 19.8 Å². The lowest BCUT2D eigenvalue weighted by Crippen LogP contribution is -2.42. The highest BCUT2D eigenvalue weighted by Crippen LogP contribution is 2.27. The zero-order valence-electron chi connectivity index (χ0n) is 11.0. The van der Waals surface area contributed by atoms with Gasteiger partial charge >= 0.3 is 6.18 Å². The molecule has 1 saturated carbocycles. The fourth-order valence-corrected chi connectivity index (χ4v) is 2.17. The van der Waals surface area contributed by atoms with Crippen LogP contribution in [0.5, 0.6) is 0 Å². The second kappa shape index (κ2) is 7.09. The average molecular weight is 282 g/mol. The predicted octanol–water partition coefficient (Wildman–Crippen LogP) is 1.44. The van der Waals surface area contributed by atoms with Gasteiger partial charge in [0.1, 0.15) is 6.61 Å².